The highest BCUT2D eigenvalue weighted by molar-refractivity contribution is 7.90. The number of benzene rings is 3. The molecule has 3 saturated heterocycles. The summed E-state index contributed by atoms with van der Waals surface area (Å²) in [5.74, 6) is -6.54. The first kappa shape index (κ1) is 63.3. The minimum Gasteiger partial charge on any atom is -0.480 e. The maximum atomic E-state index is 15.2. The van der Waals surface area contributed by atoms with Crippen LogP contribution in [0.4, 0.5) is 30.2 Å². The van der Waals surface area contributed by atoms with Crippen molar-refractivity contribution >= 4 is 82.7 Å². The van der Waals surface area contributed by atoms with Crippen LogP contribution in [0.15, 0.2) is 91.6 Å². The summed E-state index contributed by atoms with van der Waals surface area (Å²) in [6.07, 6.45) is 1.69. The molecule has 3 spiro atoms. The molecule has 3 aromatic carbocycles. The number of aryl methyl sites for hydroxylation is 2. The molecule has 6 aliphatic rings. The molecule has 0 radical (unpaired) electrons. The van der Waals surface area contributed by atoms with Crippen LogP contribution in [0, 0.1) is 34.5 Å². The largest absolute Gasteiger partial charge is 0.480 e. The average molecular weight is 1330 g/mol. The van der Waals surface area contributed by atoms with E-state index in [2.05, 4.69) is 56.8 Å². The maximum Gasteiger partial charge on any atom is 0.434 e. The zero-order chi connectivity index (χ0) is 66.4. The number of carbonyl (C=O) groups is 3. The molecule has 2 unspecified atom stereocenters. The van der Waals surface area contributed by atoms with Crippen LogP contribution < -0.4 is 36.6 Å². The predicted octanol–water partition coefficient (Wildman–Crippen LogP) is 4.84. The number of carbonyl (C=O) groups excluding carboxylic acids is 3. The topological polar surface area (TPSA) is 405 Å². The van der Waals surface area contributed by atoms with Gasteiger partial charge in [-0.25, -0.2) is 63.1 Å². The highest BCUT2D eigenvalue weighted by Crippen LogP contribution is 2.50. The molecule has 34 heteroatoms. The summed E-state index contributed by atoms with van der Waals surface area (Å²) in [6, 6.07) is 17.8. The number of guanidine groups is 3. The van der Waals surface area contributed by atoms with Crippen LogP contribution in [0.5, 0.6) is 5.88 Å². The molecule has 3 aliphatic carbocycles. The molecule has 93 heavy (non-hydrogen) atoms. The zero-order valence-corrected chi connectivity index (χ0v) is 52.2. The number of methoxy groups -OCH3 is 1. The van der Waals surface area contributed by atoms with E-state index >= 15 is 8.42 Å². The van der Waals surface area contributed by atoms with Crippen molar-refractivity contribution in [3.8, 4) is 11.9 Å². The molecule has 0 bridgehead atoms. The first-order chi connectivity index (χ1) is 43.9. The second-order valence-electron chi connectivity index (χ2n) is 23.9. The number of alkyl halides is 3. The third-order valence-corrected chi connectivity index (χ3v) is 23.6. The molecule has 484 valence electrons. The number of nitrogens with zero attached hydrogens (tertiary/aromatic N) is 9. The number of halogens is 3. The van der Waals surface area contributed by atoms with Crippen LogP contribution >= 0.6 is 0 Å². The fourth-order valence-electron chi connectivity index (χ4n) is 13.5. The molecule has 3 fully saturated rings. The van der Waals surface area contributed by atoms with Gasteiger partial charge in [0.2, 0.25) is 53.8 Å². The number of aromatic nitrogens is 5. The van der Waals surface area contributed by atoms with Crippen LogP contribution in [0.3, 0.4) is 0 Å². The molecule has 28 nitrogen and oxygen atoms in total. The van der Waals surface area contributed by atoms with Gasteiger partial charge < -0.3 is 36.6 Å². The number of hydrogen-bond acceptors (Lipinski definition) is 19. The summed E-state index contributed by atoms with van der Waals surface area (Å²) in [4.78, 5) is 59.9. The number of amides is 3. The van der Waals surface area contributed by atoms with Crippen LogP contribution in [-0.4, -0.2) is 143 Å². The lowest BCUT2D eigenvalue weighted by Gasteiger charge is -2.50. The SMILES string of the molecule is COc1cnc(C(=O)Nc2ccc3c(c2)[C@]2(CCC3CN3C(=N)N[C@@]4(CCCc5ccc(NC(=O)c6cnc(C(F)(F)F)cn6)cc54)CS3(=O)=O)CS(=O)(=O)N(CC3CC[C@]4(CS(=O)(=O)N(C)C(=N)N4)c4cc(NC(=O)c5ncc(C#N)cc5C)ccc43)C(=N)N2)cn1. The third kappa shape index (κ3) is 11.7. The number of nitriles is 1. The summed E-state index contributed by atoms with van der Waals surface area (Å²) >= 11 is 0. The minimum absolute atomic E-state index is 0.0126. The second-order valence-corrected chi connectivity index (χ2v) is 29.6. The molecule has 3 aliphatic heterocycles. The Labute approximate surface area is 530 Å². The van der Waals surface area contributed by atoms with Gasteiger partial charge in [-0.3, -0.25) is 30.6 Å². The van der Waals surface area contributed by atoms with Gasteiger partial charge in [0.25, 0.3) is 17.7 Å². The third-order valence-electron chi connectivity index (χ3n) is 18.0. The van der Waals surface area contributed by atoms with Gasteiger partial charge in [-0.1, -0.05) is 18.2 Å². The Balaban J connectivity index is 0.829. The van der Waals surface area contributed by atoms with Crippen LogP contribution in [0.1, 0.15) is 132 Å². The van der Waals surface area contributed by atoms with Crippen LogP contribution in [-0.2, 0) is 59.3 Å². The Hall–Kier alpha value is -9.88. The van der Waals surface area contributed by atoms with Crippen molar-refractivity contribution in [3.05, 3.63) is 159 Å². The Bertz CT molecular complexity index is 4580. The van der Waals surface area contributed by atoms with Crippen LogP contribution in [0.2, 0.25) is 0 Å². The van der Waals surface area contributed by atoms with E-state index in [1.165, 1.54) is 38.8 Å². The molecule has 6 aromatic rings. The normalized spacial score (nSPS) is 24.1. The van der Waals surface area contributed by atoms with Crippen molar-refractivity contribution in [1.82, 2.24) is 53.8 Å². The van der Waals surface area contributed by atoms with Gasteiger partial charge in [-0.2, -0.15) is 18.4 Å². The van der Waals surface area contributed by atoms with Gasteiger partial charge in [-0.15, -0.1) is 0 Å². The summed E-state index contributed by atoms with van der Waals surface area (Å²) in [6.45, 7) is 0.998. The fourth-order valence-corrected chi connectivity index (χ4v) is 18.7. The van der Waals surface area contributed by atoms with Gasteiger partial charge in [0.1, 0.15) is 23.2 Å². The van der Waals surface area contributed by atoms with E-state index in [1.807, 2.05) is 6.07 Å². The van der Waals surface area contributed by atoms with E-state index in [1.54, 1.807) is 61.5 Å². The van der Waals surface area contributed by atoms with Crippen molar-refractivity contribution in [2.45, 2.75) is 86.5 Å². The summed E-state index contributed by atoms with van der Waals surface area (Å²) in [5, 5.41) is 54.8. The Morgan fingerprint density at radius 1 is 0.645 bits per heavy atom. The minimum atomic E-state index is -4.78. The smallest absolute Gasteiger partial charge is 0.434 e. The van der Waals surface area contributed by atoms with Crippen molar-refractivity contribution in [1.29, 1.82) is 21.5 Å². The highest BCUT2D eigenvalue weighted by atomic mass is 32.2. The Morgan fingerprint density at radius 2 is 1.14 bits per heavy atom. The van der Waals surface area contributed by atoms with E-state index in [-0.39, 0.29) is 85.1 Å². The molecule has 12 rings (SSSR count). The number of fused-ring (bicyclic) bond motifs is 6. The lowest BCUT2D eigenvalue weighted by molar-refractivity contribution is -0.141. The van der Waals surface area contributed by atoms with Crippen molar-refractivity contribution in [2.75, 3.05) is 60.5 Å². The van der Waals surface area contributed by atoms with E-state index in [0.29, 0.717) is 58.6 Å². The molecular weight excluding hydrogens is 1270 g/mol. The Kier molecular flexibility index (Phi) is 15.7. The molecular formula is C59H59F3N18O10S3. The standard InChI is InChI=1S/C59H59F3N18O10S3/c1-32-17-33(21-63)22-71-49(32)52(83)74-39-9-11-40-35(12-15-57(43(40)20-39)29-91(84,85)78(2)53(64)75-57)28-80-55(66)77-58(31-93(80,88)89)16-13-36(41-10-8-38(19-44(41)58)73-51(82)46-24-70-48(90-3)26-68-46)27-79-54(65)76-56(30-92(79,86)87)14-4-5-34-6-7-37(18-42(34)56)72-50(81)45-23-69-47(25-67-45)59(60,61)62/h6-11,17-20,22-26,35-36H,4-5,12-16,27-31H2,1-3H3,(H2,64,75)(H2,65,76)(H2,66,77)(H,72,81)(H,73,82)(H,74,83)/t35?,36?,56-,57-,58-/m0/s1. The number of anilines is 3. The summed E-state index contributed by atoms with van der Waals surface area (Å²) < 4.78 is 135. The fraction of sp³-hybridized carbons (Fsp3) is 0.356. The quantitative estimate of drug-likeness (QED) is 0.0837. The number of sulfonamides is 3. The van der Waals surface area contributed by atoms with Gasteiger partial charge in [0.15, 0.2) is 5.69 Å². The number of ether oxygens (including phenoxy) is 1. The van der Waals surface area contributed by atoms with Crippen LogP contribution in [0.25, 0.3) is 0 Å². The number of hydrogen-bond donors (Lipinski definition) is 9. The van der Waals surface area contributed by atoms with Crippen molar-refractivity contribution in [2.24, 2.45) is 0 Å². The summed E-state index contributed by atoms with van der Waals surface area (Å²) in [7, 11) is -10.4. The van der Waals surface area contributed by atoms with Gasteiger partial charge in [0.05, 0.1) is 71.3 Å². The molecule has 5 atom stereocenters. The lowest BCUT2D eigenvalue weighted by atomic mass is 9.72. The van der Waals surface area contributed by atoms with Gasteiger partial charge in [0, 0.05) is 55.2 Å². The molecule has 6 heterocycles. The molecule has 9 N–H and O–H groups in total. The van der Waals surface area contributed by atoms with Gasteiger partial charge in [-0.05, 0) is 133 Å². The van der Waals surface area contributed by atoms with E-state index < -0.39 is 129 Å². The number of nitrogens with one attached hydrogen (secondary N) is 9. The van der Waals surface area contributed by atoms with E-state index in [9.17, 15) is 60.5 Å². The lowest BCUT2D eigenvalue weighted by Crippen LogP contribution is -2.66. The zero-order valence-electron chi connectivity index (χ0n) is 49.8. The predicted molar refractivity (Wildman–Crippen MR) is 330 cm³/mol. The molecule has 3 amide bonds. The number of pyridine rings is 1. The maximum absolute atomic E-state index is 15.2. The number of rotatable bonds is 11. The van der Waals surface area contributed by atoms with E-state index in [0.717, 1.165) is 18.5 Å². The van der Waals surface area contributed by atoms with E-state index in [4.69, 9.17) is 10.1 Å². The highest BCUT2D eigenvalue weighted by Gasteiger charge is 2.55. The second kappa shape index (κ2) is 23.0. The summed E-state index contributed by atoms with van der Waals surface area (Å²) in [5.41, 5.74) is -2.07. The molecule has 0 saturated carbocycles. The van der Waals surface area contributed by atoms with Gasteiger partial charge >= 0.3 is 6.18 Å². The average Bonchev–Trinajstić information content (AvgIpc) is 0.738. The first-order valence-corrected chi connectivity index (χ1v) is 33.8. The monoisotopic (exact) mass is 1330 g/mol. The molecule has 3 aromatic heterocycles. The van der Waals surface area contributed by atoms with Crippen molar-refractivity contribution < 1.29 is 57.5 Å². The first-order valence-electron chi connectivity index (χ1n) is 29.0. The Morgan fingerprint density at radius 3 is 1.61 bits per heavy atom. The van der Waals surface area contributed by atoms with Crippen molar-refractivity contribution in [3.63, 3.8) is 0 Å².